The molecule has 0 aromatic heterocycles. The SMILES string of the molecule is CC1=C(C)C2C3=CCC4[C@@]5(C)CC(O)[C@H](O)[C@@](C)(C(=O)O)C5CC[C@@]4(C)C3(C)CCC2[C@H](C(=O)O)C1. The maximum atomic E-state index is 12.5. The first kappa shape index (κ1) is 26.0. The number of hydrogen-bond acceptors (Lipinski definition) is 4. The number of aliphatic hydroxyl groups is 2. The number of hydrogen-bond donors (Lipinski definition) is 4. The maximum absolute atomic E-state index is 12.5. The van der Waals surface area contributed by atoms with E-state index in [4.69, 9.17) is 0 Å². The Morgan fingerprint density at radius 1 is 0.972 bits per heavy atom. The molecule has 0 bridgehead atoms. The Labute approximate surface area is 214 Å². The third kappa shape index (κ3) is 2.97. The van der Waals surface area contributed by atoms with Crippen LogP contribution in [0.1, 0.15) is 86.5 Å². The highest BCUT2D eigenvalue weighted by molar-refractivity contribution is 5.76. The second-order valence-electron chi connectivity index (χ2n) is 13.9. The van der Waals surface area contributed by atoms with Crippen molar-refractivity contribution in [2.24, 2.45) is 51.2 Å². The summed E-state index contributed by atoms with van der Waals surface area (Å²) in [6, 6.07) is 0. The molecule has 5 rings (SSSR count). The molecule has 0 heterocycles. The maximum Gasteiger partial charge on any atom is 0.312 e. The Hall–Kier alpha value is -1.66. The quantitative estimate of drug-likeness (QED) is 0.395. The summed E-state index contributed by atoms with van der Waals surface area (Å²) in [7, 11) is 0. The molecule has 0 aliphatic heterocycles. The highest BCUT2D eigenvalue weighted by Crippen LogP contribution is 2.74. The second kappa shape index (κ2) is 7.92. The summed E-state index contributed by atoms with van der Waals surface area (Å²) in [6.45, 7) is 12.8. The van der Waals surface area contributed by atoms with Crippen molar-refractivity contribution in [1.82, 2.24) is 0 Å². The second-order valence-corrected chi connectivity index (χ2v) is 13.9. The van der Waals surface area contributed by atoms with Gasteiger partial charge in [-0.2, -0.15) is 0 Å². The van der Waals surface area contributed by atoms with Crippen LogP contribution in [0.15, 0.2) is 22.8 Å². The predicted octanol–water partition coefficient (Wildman–Crippen LogP) is 5.05. The van der Waals surface area contributed by atoms with Crippen molar-refractivity contribution in [1.29, 1.82) is 0 Å². The van der Waals surface area contributed by atoms with Crippen molar-refractivity contribution in [3.8, 4) is 0 Å². The molecule has 4 N–H and O–H groups in total. The van der Waals surface area contributed by atoms with Crippen LogP contribution in [-0.4, -0.2) is 44.6 Å². The summed E-state index contributed by atoms with van der Waals surface area (Å²) in [5.74, 6) is -1.80. The zero-order valence-corrected chi connectivity index (χ0v) is 22.7. The van der Waals surface area contributed by atoms with E-state index in [1.807, 2.05) is 0 Å². The lowest BCUT2D eigenvalue weighted by molar-refractivity contribution is -0.238. The molecule has 0 aromatic rings. The molecule has 0 spiro atoms. The summed E-state index contributed by atoms with van der Waals surface area (Å²) in [4.78, 5) is 24.8. The van der Waals surface area contributed by atoms with Gasteiger partial charge < -0.3 is 20.4 Å². The minimum absolute atomic E-state index is 0.0981. The van der Waals surface area contributed by atoms with Crippen molar-refractivity contribution in [2.45, 2.75) is 98.7 Å². The lowest BCUT2D eigenvalue weighted by Gasteiger charge is -2.70. The van der Waals surface area contributed by atoms with Crippen LogP contribution >= 0.6 is 0 Å². The fraction of sp³-hybridized carbons (Fsp3) is 0.800. The molecular formula is C30H44O6. The van der Waals surface area contributed by atoms with Crippen LogP contribution < -0.4 is 0 Å². The molecule has 6 heteroatoms. The van der Waals surface area contributed by atoms with Crippen LogP contribution in [0.5, 0.6) is 0 Å². The van der Waals surface area contributed by atoms with Gasteiger partial charge in [-0.05, 0) is 99.7 Å². The van der Waals surface area contributed by atoms with Crippen LogP contribution in [0, 0.1) is 51.2 Å². The third-order valence-electron chi connectivity index (χ3n) is 12.8. The molecule has 6 unspecified atom stereocenters. The van der Waals surface area contributed by atoms with Gasteiger partial charge in [-0.3, -0.25) is 9.59 Å². The molecule has 3 fully saturated rings. The summed E-state index contributed by atoms with van der Waals surface area (Å²) < 4.78 is 0. The molecular weight excluding hydrogens is 456 g/mol. The average molecular weight is 501 g/mol. The number of allylic oxidation sites excluding steroid dienone is 4. The first-order valence-corrected chi connectivity index (χ1v) is 13.8. The smallest absolute Gasteiger partial charge is 0.312 e. The topological polar surface area (TPSA) is 115 Å². The molecule has 11 atom stereocenters. The number of carbonyl (C=O) groups is 2. The van der Waals surface area contributed by atoms with Gasteiger partial charge in [0, 0.05) is 5.92 Å². The number of rotatable bonds is 2. The number of aliphatic hydroxyl groups excluding tert-OH is 2. The van der Waals surface area contributed by atoms with E-state index in [1.165, 1.54) is 16.7 Å². The Morgan fingerprint density at radius 2 is 1.64 bits per heavy atom. The lowest BCUT2D eigenvalue weighted by atomic mass is 9.34. The van der Waals surface area contributed by atoms with Crippen LogP contribution in [0.2, 0.25) is 0 Å². The van der Waals surface area contributed by atoms with Crippen molar-refractivity contribution in [3.05, 3.63) is 22.8 Å². The van der Waals surface area contributed by atoms with Gasteiger partial charge in [-0.1, -0.05) is 43.6 Å². The predicted molar refractivity (Wildman–Crippen MR) is 136 cm³/mol. The largest absolute Gasteiger partial charge is 0.481 e. The molecule has 0 saturated heterocycles. The highest BCUT2D eigenvalue weighted by atomic mass is 16.4. The highest BCUT2D eigenvalue weighted by Gasteiger charge is 2.70. The van der Waals surface area contributed by atoms with E-state index in [2.05, 4.69) is 40.7 Å². The van der Waals surface area contributed by atoms with Gasteiger partial charge in [-0.15, -0.1) is 0 Å². The number of carboxylic acid groups (broad SMARTS) is 2. The first-order valence-electron chi connectivity index (χ1n) is 13.8. The van der Waals surface area contributed by atoms with Crippen LogP contribution in [-0.2, 0) is 9.59 Å². The lowest BCUT2D eigenvalue weighted by Crippen LogP contribution is -2.68. The Bertz CT molecular complexity index is 1060. The molecule has 5 aliphatic carbocycles. The Morgan fingerprint density at radius 3 is 2.25 bits per heavy atom. The molecule has 200 valence electrons. The van der Waals surface area contributed by atoms with E-state index in [1.54, 1.807) is 6.92 Å². The zero-order valence-electron chi connectivity index (χ0n) is 22.7. The van der Waals surface area contributed by atoms with Crippen LogP contribution in [0.25, 0.3) is 0 Å². The average Bonchev–Trinajstić information content (AvgIpc) is 2.79. The standard InChI is InChI=1S/C30H44O6/c1-15-13-18(25(33)34)17-9-11-28(4)19(23(17)16(15)2)7-8-21-27(3)14-20(31)24(32)30(6,26(35)36)22(27)10-12-29(21,28)5/h7,17-18,20-24,31-32H,8-14H2,1-6H3,(H,33,34)(H,35,36)/t17?,18-,20?,21?,22?,23?,24+,27-,28?,29-,30+/m1/s1. The number of aliphatic carboxylic acids is 2. The summed E-state index contributed by atoms with van der Waals surface area (Å²) >= 11 is 0. The number of fused-ring (bicyclic) bond motifs is 7. The fourth-order valence-electron chi connectivity index (χ4n) is 10.5. The van der Waals surface area contributed by atoms with Crippen molar-refractivity contribution in [2.75, 3.05) is 0 Å². The van der Waals surface area contributed by atoms with E-state index in [0.29, 0.717) is 19.3 Å². The third-order valence-corrected chi connectivity index (χ3v) is 12.8. The molecule has 3 saturated carbocycles. The molecule has 0 amide bonds. The van der Waals surface area contributed by atoms with Gasteiger partial charge in [0.2, 0.25) is 0 Å². The summed E-state index contributed by atoms with van der Waals surface area (Å²) in [6.07, 6.45) is 5.30. The molecule has 0 aromatic carbocycles. The van der Waals surface area contributed by atoms with Gasteiger partial charge in [-0.25, -0.2) is 0 Å². The monoisotopic (exact) mass is 500 g/mol. The Balaban J connectivity index is 1.62. The van der Waals surface area contributed by atoms with Gasteiger partial charge in [0.05, 0.1) is 23.5 Å². The molecule has 6 nitrogen and oxygen atoms in total. The van der Waals surface area contributed by atoms with Gasteiger partial charge in [0.15, 0.2) is 0 Å². The van der Waals surface area contributed by atoms with Crippen molar-refractivity contribution >= 4 is 11.9 Å². The molecule has 5 aliphatic rings. The van der Waals surface area contributed by atoms with Crippen LogP contribution in [0.3, 0.4) is 0 Å². The molecule has 0 radical (unpaired) electrons. The number of carboxylic acids is 2. The van der Waals surface area contributed by atoms with E-state index in [0.717, 1.165) is 25.7 Å². The van der Waals surface area contributed by atoms with Gasteiger partial charge in [0.25, 0.3) is 0 Å². The minimum atomic E-state index is -1.38. The fourth-order valence-corrected chi connectivity index (χ4v) is 10.5. The van der Waals surface area contributed by atoms with Crippen molar-refractivity contribution < 1.29 is 30.0 Å². The van der Waals surface area contributed by atoms with E-state index in [9.17, 15) is 30.0 Å². The summed E-state index contributed by atoms with van der Waals surface area (Å²) in [5.41, 5.74) is 1.93. The van der Waals surface area contributed by atoms with E-state index < -0.39 is 35.0 Å². The van der Waals surface area contributed by atoms with Gasteiger partial charge >= 0.3 is 11.9 Å². The van der Waals surface area contributed by atoms with E-state index >= 15 is 0 Å². The first-order chi connectivity index (χ1) is 16.6. The van der Waals surface area contributed by atoms with Gasteiger partial charge in [0.1, 0.15) is 0 Å². The Kier molecular flexibility index (Phi) is 5.72. The normalized spacial score (nSPS) is 52.3. The van der Waals surface area contributed by atoms with E-state index in [-0.39, 0.29) is 40.4 Å². The van der Waals surface area contributed by atoms with Crippen LogP contribution in [0.4, 0.5) is 0 Å². The molecule has 36 heavy (non-hydrogen) atoms. The zero-order chi connectivity index (χ0) is 26.6. The summed E-state index contributed by atoms with van der Waals surface area (Å²) in [5, 5.41) is 42.1. The van der Waals surface area contributed by atoms with Crippen molar-refractivity contribution in [3.63, 3.8) is 0 Å². The minimum Gasteiger partial charge on any atom is -0.481 e.